The van der Waals surface area contributed by atoms with Crippen LogP contribution in [0.4, 0.5) is 0 Å². The predicted molar refractivity (Wildman–Crippen MR) is 71.8 cm³/mol. The lowest BCUT2D eigenvalue weighted by Gasteiger charge is -2.24. The van der Waals surface area contributed by atoms with Gasteiger partial charge < -0.3 is 5.32 Å². The molecular formula is C14H30N2. The lowest BCUT2D eigenvalue weighted by atomic mass is 10.2. The predicted octanol–water partition coefficient (Wildman–Crippen LogP) is 2.89. The van der Waals surface area contributed by atoms with E-state index < -0.39 is 0 Å². The van der Waals surface area contributed by atoms with Crippen LogP contribution in [0.1, 0.15) is 52.9 Å². The molecular weight excluding hydrogens is 196 g/mol. The second-order valence-electron chi connectivity index (χ2n) is 5.58. The highest BCUT2D eigenvalue weighted by Crippen LogP contribution is 2.26. The van der Waals surface area contributed by atoms with Gasteiger partial charge in [0.25, 0.3) is 0 Å². The van der Waals surface area contributed by atoms with Gasteiger partial charge in [0.2, 0.25) is 0 Å². The van der Waals surface area contributed by atoms with E-state index in [1.54, 1.807) is 0 Å². The maximum Gasteiger partial charge on any atom is 0.0110 e. The average Bonchev–Trinajstić information content (AvgIpc) is 3.04. The van der Waals surface area contributed by atoms with Gasteiger partial charge in [-0.15, -0.1) is 0 Å². The molecule has 0 atom stereocenters. The van der Waals surface area contributed by atoms with E-state index >= 15 is 0 Å². The van der Waals surface area contributed by atoms with Gasteiger partial charge in [0.1, 0.15) is 0 Å². The van der Waals surface area contributed by atoms with Crippen LogP contribution in [-0.2, 0) is 0 Å². The highest BCUT2D eigenvalue weighted by atomic mass is 15.2. The summed E-state index contributed by atoms with van der Waals surface area (Å²) in [6.07, 6.45) is 6.89. The van der Waals surface area contributed by atoms with Gasteiger partial charge in [0, 0.05) is 25.7 Å². The van der Waals surface area contributed by atoms with E-state index in [-0.39, 0.29) is 0 Å². The van der Waals surface area contributed by atoms with Crippen molar-refractivity contribution in [3.05, 3.63) is 0 Å². The molecule has 1 aliphatic rings. The van der Waals surface area contributed by atoms with Crippen molar-refractivity contribution in [3.8, 4) is 0 Å². The van der Waals surface area contributed by atoms with Crippen LogP contribution in [0.15, 0.2) is 0 Å². The summed E-state index contributed by atoms with van der Waals surface area (Å²) < 4.78 is 0. The van der Waals surface area contributed by atoms with Gasteiger partial charge in [-0.2, -0.15) is 0 Å². The molecule has 1 rings (SSSR count). The summed E-state index contributed by atoms with van der Waals surface area (Å²) in [5.41, 5.74) is 0. The highest BCUT2D eigenvalue weighted by Gasteiger charge is 2.28. The molecule has 0 aliphatic heterocycles. The molecule has 1 aliphatic carbocycles. The Hall–Kier alpha value is -0.0800. The summed E-state index contributed by atoms with van der Waals surface area (Å²) >= 11 is 0. The molecule has 1 fully saturated rings. The fourth-order valence-electron chi connectivity index (χ4n) is 2.18. The summed E-state index contributed by atoms with van der Waals surface area (Å²) in [4.78, 5) is 2.68. The third-order valence-electron chi connectivity index (χ3n) is 3.20. The Labute approximate surface area is 102 Å². The number of rotatable bonds is 10. The van der Waals surface area contributed by atoms with Gasteiger partial charge in [-0.25, -0.2) is 0 Å². The summed E-state index contributed by atoms with van der Waals surface area (Å²) in [6.45, 7) is 11.8. The van der Waals surface area contributed by atoms with Gasteiger partial charge in [-0.05, 0) is 31.7 Å². The topological polar surface area (TPSA) is 15.3 Å². The molecule has 0 spiro atoms. The number of hydrogen-bond acceptors (Lipinski definition) is 2. The molecule has 16 heavy (non-hydrogen) atoms. The van der Waals surface area contributed by atoms with E-state index in [1.807, 2.05) is 0 Å². The smallest absolute Gasteiger partial charge is 0.0110 e. The molecule has 0 saturated heterocycles. The number of nitrogens with zero attached hydrogens (tertiary/aromatic N) is 1. The van der Waals surface area contributed by atoms with Crippen molar-refractivity contribution in [1.82, 2.24) is 10.2 Å². The molecule has 2 heteroatoms. The van der Waals surface area contributed by atoms with Gasteiger partial charge >= 0.3 is 0 Å². The molecule has 0 radical (unpaired) electrons. The number of hydrogen-bond donors (Lipinski definition) is 1. The molecule has 0 aromatic carbocycles. The SMILES string of the molecule is CCCCCNCCN(CC(C)C)C1CC1. The Kier molecular flexibility index (Phi) is 7.06. The molecule has 96 valence electrons. The quantitative estimate of drug-likeness (QED) is 0.576. The fourth-order valence-corrected chi connectivity index (χ4v) is 2.18. The van der Waals surface area contributed by atoms with Gasteiger partial charge in [0.05, 0.1) is 0 Å². The monoisotopic (exact) mass is 226 g/mol. The van der Waals surface area contributed by atoms with Crippen molar-refractivity contribution >= 4 is 0 Å². The zero-order valence-electron chi connectivity index (χ0n) is 11.5. The van der Waals surface area contributed by atoms with Crippen molar-refractivity contribution in [1.29, 1.82) is 0 Å². The van der Waals surface area contributed by atoms with Crippen LogP contribution in [0.3, 0.4) is 0 Å². The maximum absolute atomic E-state index is 3.56. The molecule has 2 nitrogen and oxygen atoms in total. The summed E-state index contributed by atoms with van der Waals surface area (Å²) in [5.74, 6) is 0.806. The largest absolute Gasteiger partial charge is 0.315 e. The summed E-state index contributed by atoms with van der Waals surface area (Å²) in [6, 6.07) is 0.917. The maximum atomic E-state index is 3.56. The molecule has 0 aromatic heterocycles. The molecule has 1 saturated carbocycles. The Morgan fingerprint density at radius 2 is 1.94 bits per heavy atom. The van der Waals surface area contributed by atoms with Crippen LogP contribution in [-0.4, -0.2) is 37.1 Å². The van der Waals surface area contributed by atoms with Gasteiger partial charge in [-0.1, -0.05) is 33.6 Å². The van der Waals surface area contributed by atoms with Crippen molar-refractivity contribution in [2.75, 3.05) is 26.2 Å². The van der Waals surface area contributed by atoms with E-state index in [0.29, 0.717) is 0 Å². The highest BCUT2D eigenvalue weighted by molar-refractivity contribution is 4.85. The minimum Gasteiger partial charge on any atom is -0.315 e. The second kappa shape index (κ2) is 8.08. The zero-order chi connectivity index (χ0) is 11.8. The molecule has 0 amide bonds. The molecule has 0 aromatic rings. The lowest BCUT2D eigenvalue weighted by molar-refractivity contribution is 0.234. The Bertz CT molecular complexity index is 164. The van der Waals surface area contributed by atoms with Crippen LogP contribution in [0.5, 0.6) is 0 Å². The first-order chi connectivity index (χ1) is 7.74. The van der Waals surface area contributed by atoms with Gasteiger partial charge in [0.15, 0.2) is 0 Å². The van der Waals surface area contributed by atoms with Crippen LogP contribution in [0.25, 0.3) is 0 Å². The van der Waals surface area contributed by atoms with E-state index in [4.69, 9.17) is 0 Å². The van der Waals surface area contributed by atoms with Crippen LogP contribution < -0.4 is 5.32 Å². The Morgan fingerprint density at radius 3 is 2.50 bits per heavy atom. The Balaban J connectivity index is 1.99. The number of unbranched alkanes of at least 4 members (excludes halogenated alkanes) is 2. The number of nitrogens with one attached hydrogen (secondary N) is 1. The van der Waals surface area contributed by atoms with Gasteiger partial charge in [-0.3, -0.25) is 4.90 Å². The molecule has 1 N–H and O–H groups in total. The van der Waals surface area contributed by atoms with Crippen molar-refractivity contribution in [3.63, 3.8) is 0 Å². The van der Waals surface area contributed by atoms with Crippen molar-refractivity contribution in [2.45, 2.75) is 58.9 Å². The van der Waals surface area contributed by atoms with Crippen LogP contribution in [0, 0.1) is 5.92 Å². The lowest BCUT2D eigenvalue weighted by Crippen LogP contribution is -2.36. The standard InChI is InChI=1S/C14H30N2/c1-4-5-6-9-15-10-11-16(12-13(2)3)14-7-8-14/h13-15H,4-12H2,1-3H3. The second-order valence-corrected chi connectivity index (χ2v) is 5.58. The van der Waals surface area contributed by atoms with E-state index in [0.717, 1.165) is 12.0 Å². The van der Waals surface area contributed by atoms with E-state index in [1.165, 1.54) is 58.3 Å². The Morgan fingerprint density at radius 1 is 1.19 bits per heavy atom. The first kappa shape index (κ1) is 14.0. The molecule has 0 heterocycles. The van der Waals surface area contributed by atoms with Crippen LogP contribution >= 0.6 is 0 Å². The third kappa shape index (κ3) is 6.49. The first-order valence-electron chi connectivity index (χ1n) is 7.18. The van der Waals surface area contributed by atoms with Crippen molar-refractivity contribution in [2.24, 2.45) is 5.92 Å². The molecule has 0 bridgehead atoms. The fraction of sp³-hybridized carbons (Fsp3) is 1.00. The zero-order valence-corrected chi connectivity index (χ0v) is 11.5. The van der Waals surface area contributed by atoms with Crippen LogP contribution in [0.2, 0.25) is 0 Å². The normalized spacial score (nSPS) is 16.3. The third-order valence-corrected chi connectivity index (χ3v) is 3.20. The van der Waals surface area contributed by atoms with E-state index in [2.05, 4.69) is 31.0 Å². The minimum absolute atomic E-state index is 0.806. The average molecular weight is 226 g/mol. The molecule has 0 unspecified atom stereocenters. The van der Waals surface area contributed by atoms with Crippen molar-refractivity contribution < 1.29 is 0 Å². The van der Waals surface area contributed by atoms with E-state index in [9.17, 15) is 0 Å². The summed E-state index contributed by atoms with van der Waals surface area (Å²) in [7, 11) is 0. The first-order valence-corrected chi connectivity index (χ1v) is 7.18. The minimum atomic E-state index is 0.806. The summed E-state index contributed by atoms with van der Waals surface area (Å²) in [5, 5.41) is 3.56.